The molecule has 8 heteroatoms. The van der Waals surface area contributed by atoms with Gasteiger partial charge in [0.05, 0.1) is 11.0 Å². The van der Waals surface area contributed by atoms with E-state index in [1.165, 1.54) is 6.33 Å². The Bertz CT molecular complexity index is 449. The third kappa shape index (κ3) is 2.65. The lowest BCUT2D eigenvalue weighted by Crippen LogP contribution is -2.22. The molecule has 0 bridgehead atoms. The highest BCUT2D eigenvalue weighted by Gasteiger charge is 2.30. The summed E-state index contributed by atoms with van der Waals surface area (Å²) in [6, 6.07) is 0. The molecule has 1 fully saturated rings. The lowest BCUT2D eigenvalue weighted by molar-refractivity contribution is -0.383. The zero-order valence-electron chi connectivity index (χ0n) is 9.96. The number of aliphatic hydroxyl groups is 1. The number of anilines is 2. The van der Waals surface area contributed by atoms with Crippen molar-refractivity contribution in [3.05, 3.63) is 16.4 Å². The summed E-state index contributed by atoms with van der Waals surface area (Å²) in [7, 11) is 1.55. The number of nitro groups is 1. The van der Waals surface area contributed by atoms with Crippen LogP contribution in [-0.2, 0) is 0 Å². The molecule has 8 nitrogen and oxygen atoms in total. The van der Waals surface area contributed by atoms with E-state index in [2.05, 4.69) is 20.6 Å². The molecule has 0 aromatic carbocycles. The Labute approximate surface area is 104 Å². The fourth-order valence-electron chi connectivity index (χ4n) is 1.71. The third-order valence-electron chi connectivity index (χ3n) is 2.89. The molecule has 1 unspecified atom stereocenters. The highest BCUT2D eigenvalue weighted by Crippen LogP contribution is 2.33. The second kappa shape index (κ2) is 5.13. The Balaban J connectivity index is 2.12. The van der Waals surface area contributed by atoms with Crippen LogP contribution in [0.25, 0.3) is 0 Å². The minimum Gasteiger partial charge on any atom is -0.391 e. The van der Waals surface area contributed by atoms with E-state index in [1.54, 1.807) is 7.05 Å². The van der Waals surface area contributed by atoms with Crippen molar-refractivity contribution in [3.8, 4) is 0 Å². The summed E-state index contributed by atoms with van der Waals surface area (Å²) >= 11 is 0. The Kier molecular flexibility index (Phi) is 3.56. The van der Waals surface area contributed by atoms with Crippen LogP contribution in [0, 0.1) is 16.0 Å². The van der Waals surface area contributed by atoms with Crippen LogP contribution in [0.4, 0.5) is 17.3 Å². The molecular weight excluding hydrogens is 238 g/mol. The highest BCUT2D eigenvalue weighted by atomic mass is 16.6. The van der Waals surface area contributed by atoms with Crippen LogP contribution < -0.4 is 10.6 Å². The van der Waals surface area contributed by atoms with Gasteiger partial charge in [0.2, 0.25) is 11.6 Å². The van der Waals surface area contributed by atoms with E-state index in [-0.39, 0.29) is 23.9 Å². The summed E-state index contributed by atoms with van der Waals surface area (Å²) in [5.74, 6) is 0.583. The van der Waals surface area contributed by atoms with Crippen molar-refractivity contribution in [2.24, 2.45) is 5.92 Å². The van der Waals surface area contributed by atoms with Crippen molar-refractivity contribution in [1.29, 1.82) is 0 Å². The topological polar surface area (TPSA) is 113 Å². The van der Waals surface area contributed by atoms with Gasteiger partial charge in [-0.1, -0.05) is 0 Å². The molecule has 0 radical (unpaired) electrons. The molecule has 3 N–H and O–H groups in total. The van der Waals surface area contributed by atoms with Gasteiger partial charge < -0.3 is 15.7 Å². The molecule has 0 aliphatic heterocycles. The summed E-state index contributed by atoms with van der Waals surface area (Å²) in [5, 5.41) is 26.1. The first-order valence-electron chi connectivity index (χ1n) is 5.72. The van der Waals surface area contributed by atoms with Crippen LogP contribution in [0.2, 0.25) is 0 Å². The van der Waals surface area contributed by atoms with Gasteiger partial charge in [-0.3, -0.25) is 10.1 Å². The molecule has 1 aliphatic rings. The minimum absolute atomic E-state index is 0.124. The second-order valence-electron chi connectivity index (χ2n) is 4.21. The first-order valence-corrected chi connectivity index (χ1v) is 5.72. The Morgan fingerprint density at radius 1 is 1.56 bits per heavy atom. The van der Waals surface area contributed by atoms with Crippen molar-refractivity contribution < 1.29 is 10.0 Å². The fraction of sp³-hybridized carbons (Fsp3) is 0.600. The van der Waals surface area contributed by atoms with Crippen LogP contribution in [0.1, 0.15) is 12.8 Å². The van der Waals surface area contributed by atoms with E-state index >= 15 is 0 Å². The van der Waals surface area contributed by atoms with Crippen molar-refractivity contribution >= 4 is 17.3 Å². The zero-order chi connectivity index (χ0) is 13.1. The number of hydrogen-bond donors (Lipinski definition) is 3. The van der Waals surface area contributed by atoms with E-state index in [0.29, 0.717) is 5.92 Å². The maximum absolute atomic E-state index is 11.0. The van der Waals surface area contributed by atoms with Crippen LogP contribution in [0.5, 0.6) is 0 Å². The Hall–Kier alpha value is -1.96. The average molecular weight is 253 g/mol. The molecule has 1 heterocycles. The number of aliphatic hydroxyl groups excluding tert-OH is 1. The SMILES string of the molecule is CNc1ncnc(NCC(O)C2CC2)c1[N+](=O)[O-]. The van der Waals surface area contributed by atoms with E-state index in [1.807, 2.05) is 0 Å². The summed E-state index contributed by atoms with van der Waals surface area (Å²) in [5.41, 5.74) is -0.206. The Morgan fingerprint density at radius 2 is 2.22 bits per heavy atom. The lowest BCUT2D eigenvalue weighted by atomic mass is 10.2. The molecule has 98 valence electrons. The van der Waals surface area contributed by atoms with Crippen LogP contribution in [-0.4, -0.2) is 39.7 Å². The molecule has 1 aromatic heterocycles. The highest BCUT2D eigenvalue weighted by molar-refractivity contribution is 5.68. The molecule has 18 heavy (non-hydrogen) atoms. The molecule has 1 saturated carbocycles. The molecule has 0 amide bonds. The van der Waals surface area contributed by atoms with Gasteiger partial charge in [0, 0.05) is 13.6 Å². The first kappa shape index (κ1) is 12.5. The van der Waals surface area contributed by atoms with Gasteiger partial charge in [0.1, 0.15) is 6.33 Å². The predicted molar refractivity (Wildman–Crippen MR) is 65.5 cm³/mol. The summed E-state index contributed by atoms with van der Waals surface area (Å²) in [6.45, 7) is 0.256. The predicted octanol–water partition coefficient (Wildman–Crippen LogP) is 0.609. The van der Waals surface area contributed by atoms with Crippen molar-refractivity contribution in [1.82, 2.24) is 9.97 Å². The van der Waals surface area contributed by atoms with E-state index in [4.69, 9.17) is 0 Å². The molecule has 0 spiro atoms. The van der Waals surface area contributed by atoms with Gasteiger partial charge in [-0.25, -0.2) is 9.97 Å². The average Bonchev–Trinajstić information content (AvgIpc) is 3.19. The minimum atomic E-state index is -0.544. The first-order chi connectivity index (χ1) is 8.63. The van der Waals surface area contributed by atoms with Crippen molar-refractivity contribution in [3.63, 3.8) is 0 Å². The fourth-order valence-corrected chi connectivity index (χ4v) is 1.71. The molecule has 1 atom stereocenters. The smallest absolute Gasteiger partial charge is 0.353 e. The van der Waals surface area contributed by atoms with Gasteiger partial charge in [-0.15, -0.1) is 0 Å². The normalized spacial score (nSPS) is 16.1. The number of aromatic nitrogens is 2. The van der Waals surface area contributed by atoms with Gasteiger partial charge in [0.15, 0.2) is 0 Å². The quantitative estimate of drug-likeness (QED) is 0.502. The number of hydrogen-bond acceptors (Lipinski definition) is 7. The molecule has 1 aromatic rings. The summed E-state index contributed by atoms with van der Waals surface area (Å²) in [4.78, 5) is 18.1. The van der Waals surface area contributed by atoms with Gasteiger partial charge >= 0.3 is 5.69 Å². The third-order valence-corrected chi connectivity index (χ3v) is 2.89. The van der Waals surface area contributed by atoms with E-state index in [0.717, 1.165) is 12.8 Å². The van der Waals surface area contributed by atoms with Gasteiger partial charge in [0.25, 0.3) is 0 Å². The lowest BCUT2D eigenvalue weighted by Gasteiger charge is -2.11. The van der Waals surface area contributed by atoms with Crippen molar-refractivity contribution in [2.75, 3.05) is 24.2 Å². The number of nitrogens with zero attached hydrogens (tertiary/aromatic N) is 3. The van der Waals surface area contributed by atoms with Crippen LogP contribution >= 0.6 is 0 Å². The molecule has 1 aliphatic carbocycles. The monoisotopic (exact) mass is 253 g/mol. The maximum atomic E-state index is 11.0. The van der Waals surface area contributed by atoms with Crippen LogP contribution in [0.15, 0.2) is 6.33 Å². The maximum Gasteiger partial charge on any atom is 0.353 e. The zero-order valence-corrected chi connectivity index (χ0v) is 9.96. The number of nitrogens with one attached hydrogen (secondary N) is 2. The number of rotatable bonds is 6. The summed E-state index contributed by atoms with van der Waals surface area (Å²) < 4.78 is 0. The van der Waals surface area contributed by atoms with Gasteiger partial charge in [-0.05, 0) is 18.8 Å². The Morgan fingerprint density at radius 3 is 2.78 bits per heavy atom. The van der Waals surface area contributed by atoms with Crippen LogP contribution in [0.3, 0.4) is 0 Å². The largest absolute Gasteiger partial charge is 0.391 e. The molecule has 2 rings (SSSR count). The van der Waals surface area contributed by atoms with E-state index in [9.17, 15) is 15.2 Å². The van der Waals surface area contributed by atoms with Gasteiger partial charge in [-0.2, -0.15) is 0 Å². The van der Waals surface area contributed by atoms with Crippen molar-refractivity contribution in [2.45, 2.75) is 18.9 Å². The van der Waals surface area contributed by atoms with E-state index < -0.39 is 11.0 Å². The molecule has 0 saturated heterocycles. The second-order valence-corrected chi connectivity index (χ2v) is 4.21. The molecular formula is C10H15N5O3. The standard InChI is InChI=1S/C10H15N5O3/c1-11-9-8(15(17)18)10(14-5-13-9)12-4-7(16)6-2-3-6/h5-7,16H,2-4H2,1H3,(H2,11,12,13,14). The summed E-state index contributed by atoms with van der Waals surface area (Å²) in [6.07, 6.45) is 2.77.